The minimum absolute atomic E-state index is 0.00322. The van der Waals surface area contributed by atoms with Crippen molar-refractivity contribution >= 4 is 5.91 Å². The maximum absolute atomic E-state index is 11.8. The van der Waals surface area contributed by atoms with E-state index in [0.29, 0.717) is 24.6 Å². The molecule has 2 rings (SSSR count). The van der Waals surface area contributed by atoms with E-state index in [9.17, 15) is 4.79 Å². The smallest absolute Gasteiger partial charge is 0.233 e. The van der Waals surface area contributed by atoms with Crippen LogP contribution in [0.1, 0.15) is 18.4 Å². The lowest BCUT2D eigenvalue weighted by molar-refractivity contribution is -0.120. The first-order chi connectivity index (χ1) is 11.2. The number of amides is 1. The Morgan fingerprint density at radius 2 is 2.13 bits per heavy atom. The molecule has 23 heavy (non-hydrogen) atoms. The van der Waals surface area contributed by atoms with Crippen LogP contribution in [0.2, 0.25) is 0 Å². The molecule has 0 aromatic heterocycles. The third kappa shape index (κ3) is 5.73. The van der Waals surface area contributed by atoms with Crippen molar-refractivity contribution in [2.45, 2.75) is 25.4 Å². The minimum atomic E-state index is 0.00322. The average molecular weight is 322 g/mol. The first-order valence-electron chi connectivity index (χ1n) is 8.03. The van der Waals surface area contributed by atoms with Crippen molar-refractivity contribution < 1.29 is 19.0 Å². The normalized spacial score (nSPS) is 17.0. The SMILES string of the molecule is COc1ccc(CCNC(=O)CNC[C@H]2CCCO2)cc1OC. The predicted octanol–water partition coefficient (Wildman–Crippen LogP) is 1.13. The van der Waals surface area contributed by atoms with Crippen LogP contribution < -0.4 is 20.1 Å². The number of rotatable bonds is 9. The van der Waals surface area contributed by atoms with Crippen LogP contribution >= 0.6 is 0 Å². The van der Waals surface area contributed by atoms with E-state index in [1.807, 2.05) is 18.2 Å². The summed E-state index contributed by atoms with van der Waals surface area (Å²) in [5.41, 5.74) is 1.09. The van der Waals surface area contributed by atoms with Gasteiger partial charge in [-0.25, -0.2) is 0 Å². The molecule has 1 heterocycles. The van der Waals surface area contributed by atoms with E-state index in [4.69, 9.17) is 14.2 Å². The number of benzene rings is 1. The highest BCUT2D eigenvalue weighted by Gasteiger charge is 2.15. The minimum Gasteiger partial charge on any atom is -0.493 e. The first kappa shape index (κ1) is 17.6. The topological polar surface area (TPSA) is 68.8 Å². The molecule has 0 unspecified atom stereocenters. The summed E-state index contributed by atoms with van der Waals surface area (Å²) in [5.74, 6) is 1.41. The molecule has 6 heteroatoms. The zero-order chi connectivity index (χ0) is 16.5. The van der Waals surface area contributed by atoms with Crippen molar-refractivity contribution in [3.05, 3.63) is 23.8 Å². The molecule has 1 saturated heterocycles. The monoisotopic (exact) mass is 322 g/mol. The van der Waals surface area contributed by atoms with Gasteiger partial charge < -0.3 is 24.8 Å². The molecule has 0 spiro atoms. The van der Waals surface area contributed by atoms with Gasteiger partial charge in [-0.3, -0.25) is 4.79 Å². The molecule has 1 atom stereocenters. The fraction of sp³-hybridized carbons (Fsp3) is 0.588. The summed E-state index contributed by atoms with van der Waals surface area (Å²) in [6.45, 7) is 2.49. The average Bonchev–Trinajstić information content (AvgIpc) is 3.08. The van der Waals surface area contributed by atoms with Gasteiger partial charge in [-0.05, 0) is 37.0 Å². The van der Waals surface area contributed by atoms with Crippen molar-refractivity contribution in [1.29, 1.82) is 0 Å². The van der Waals surface area contributed by atoms with Crippen molar-refractivity contribution in [2.24, 2.45) is 0 Å². The second-order valence-corrected chi connectivity index (χ2v) is 5.56. The summed E-state index contributed by atoms with van der Waals surface area (Å²) in [4.78, 5) is 11.8. The van der Waals surface area contributed by atoms with Crippen LogP contribution in [0.15, 0.2) is 18.2 Å². The molecule has 1 fully saturated rings. The first-order valence-corrected chi connectivity index (χ1v) is 8.03. The lowest BCUT2D eigenvalue weighted by Crippen LogP contribution is -2.37. The van der Waals surface area contributed by atoms with Crippen LogP contribution in [0, 0.1) is 0 Å². The highest BCUT2D eigenvalue weighted by molar-refractivity contribution is 5.77. The zero-order valence-electron chi connectivity index (χ0n) is 13.9. The molecule has 1 aromatic rings. The van der Waals surface area contributed by atoms with Crippen LogP contribution in [0.25, 0.3) is 0 Å². The highest BCUT2D eigenvalue weighted by Crippen LogP contribution is 2.27. The van der Waals surface area contributed by atoms with Crippen LogP contribution in [-0.4, -0.2) is 52.5 Å². The molecule has 0 bridgehead atoms. The molecule has 0 radical (unpaired) electrons. The van der Waals surface area contributed by atoms with E-state index in [0.717, 1.165) is 38.0 Å². The number of hydrogen-bond donors (Lipinski definition) is 2. The van der Waals surface area contributed by atoms with Gasteiger partial charge in [0.1, 0.15) is 0 Å². The zero-order valence-corrected chi connectivity index (χ0v) is 13.9. The molecule has 1 aromatic carbocycles. The summed E-state index contributed by atoms with van der Waals surface area (Å²) in [5, 5.41) is 6.04. The summed E-state index contributed by atoms with van der Waals surface area (Å²) in [7, 11) is 3.23. The van der Waals surface area contributed by atoms with Gasteiger partial charge in [0, 0.05) is 19.7 Å². The Balaban J connectivity index is 1.64. The van der Waals surface area contributed by atoms with E-state index in [2.05, 4.69) is 10.6 Å². The fourth-order valence-corrected chi connectivity index (χ4v) is 2.60. The largest absolute Gasteiger partial charge is 0.493 e. The number of carbonyl (C=O) groups is 1. The van der Waals surface area contributed by atoms with Gasteiger partial charge >= 0.3 is 0 Å². The maximum Gasteiger partial charge on any atom is 0.233 e. The Hall–Kier alpha value is -1.79. The van der Waals surface area contributed by atoms with E-state index in [-0.39, 0.29) is 12.0 Å². The van der Waals surface area contributed by atoms with Crippen LogP contribution in [0.3, 0.4) is 0 Å². The van der Waals surface area contributed by atoms with Crippen molar-refractivity contribution in [3.8, 4) is 11.5 Å². The number of hydrogen-bond acceptors (Lipinski definition) is 5. The quantitative estimate of drug-likeness (QED) is 0.713. The van der Waals surface area contributed by atoms with Gasteiger partial charge in [0.2, 0.25) is 5.91 Å². The van der Waals surface area contributed by atoms with Crippen molar-refractivity contribution in [2.75, 3.05) is 40.5 Å². The van der Waals surface area contributed by atoms with Gasteiger partial charge in [0.25, 0.3) is 0 Å². The van der Waals surface area contributed by atoms with Crippen LogP contribution in [-0.2, 0) is 16.0 Å². The summed E-state index contributed by atoms with van der Waals surface area (Å²) in [6.07, 6.45) is 3.20. The molecule has 0 aliphatic carbocycles. The van der Waals surface area contributed by atoms with E-state index in [1.54, 1.807) is 14.2 Å². The molecular formula is C17H26N2O4. The van der Waals surface area contributed by atoms with E-state index >= 15 is 0 Å². The van der Waals surface area contributed by atoms with Gasteiger partial charge in [0.05, 0.1) is 26.9 Å². The molecule has 0 saturated carbocycles. The third-order valence-electron chi connectivity index (χ3n) is 3.87. The number of nitrogens with one attached hydrogen (secondary N) is 2. The summed E-state index contributed by atoms with van der Waals surface area (Å²) < 4.78 is 16.0. The van der Waals surface area contributed by atoms with Gasteiger partial charge in [-0.15, -0.1) is 0 Å². The number of ether oxygens (including phenoxy) is 3. The van der Waals surface area contributed by atoms with Gasteiger partial charge in [0.15, 0.2) is 11.5 Å². The van der Waals surface area contributed by atoms with Gasteiger partial charge in [-0.2, -0.15) is 0 Å². The molecular weight excluding hydrogens is 296 g/mol. The second kappa shape index (κ2) is 9.37. The molecule has 2 N–H and O–H groups in total. The van der Waals surface area contributed by atoms with Crippen LogP contribution in [0.4, 0.5) is 0 Å². The predicted molar refractivity (Wildman–Crippen MR) is 88.1 cm³/mol. The van der Waals surface area contributed by atoms with Crippen LogP contribution in [0.5, 0.6) is 11.5 Å². The fourth-order valence-electron chi connectivity index (χ4n) is 2.60. The lowest BCUT2D eigenvalue weighted by atomic mass is 10.1. The molecule has 1 aliphatic heterocycles. The van der Waals surface area contributed by atoms with E-state index < -0.39 is 0 Å². The Morgan fingerprint density at radius 1 is 1.30 bits per heavy atom. The number of carbonyl (C=O) groups excluding carboxylic acids is 1. The Labute approximate surface area is 137 Å². The van der Waals surface area contributed by atoms with Crippen molar-refractivity contribution in [3.63, 3.8) is 0 Å². The molecule has 1 aliphatic rings. The standard InChI is InChI=1S/C17H26N2O4/c1-21-15-6-5-13(10-16(15)22-2)7-8-19-17(20)12-18-11-14-4-3-9-23-14/h5-6,10,14,18H,3-4,7-9,11-12H2,1-2H3,(H,19,20)/t14-/m1/s1. The van der Waals surface area contributed by atoms with Crippen molar-refractivity contribution in [1.82, 2.24) is 10.6 Å². The lowest BCUT2D eigenvalue weighted by Gasteiger charge is -2.11. The third-order valence-corrected chi connectivity index (χ3v) is 3.87. The van der Waals surface area contributed by atoms with Gasteiger partial charge in [-0.1, -0.05) is 6.07 Å². The molecule has 1 amide bonds. The number of methoxy groups -OCH3 is 2. The maximum atomic E-state index is 11.8. The highest BCUT2D eigenvalue weighted by atomic mass is 16.5. The molecule has 6 nitrogen and oxygen atoms in total. The summed E-state index contributed by atoms with van der Waals surface area (Å²) >= 11 is 0. The Morgan fingerprint density at radius 3 is 2.83 bits per heavy atom. The summed E-state index contributed by atoms with van der Waals surface area (Å²) in [6, 6.07) is 5.78. The van der Waals surface area contributed by atoms with E-state index in [1.165, 1.54) is 0 Å². The molecule has 128 valence electrons. The second-order valence-electron chi connectivity index (χ2n) is 5.56. The Bertz CT molecular complexity index is 501. The Kier molecular flexibility index (Phi) is 7.16.